The molecule has 0 amide bonds. The number of para-hydroxylation sites is 1. The lowest BCUT2D eigenvalue weighted by Gasteiger charge is -2.77. The van der Waals surface area contributed by atoms with Crippen molar-refractivity contribution in [3.8, 4) is 33.8 Å². The Bertz CT molecular complexity index is 2550. The molecule has 56 heavy (non-hydrogen) atoms. The van der Waals surface area contributed by atoms with Gasteiger partial charge < -0.3 is 9.64 Å². The maximum atomic E-state index is 6.98. The number of ether oxygens (including phenoxy) is 1. The van der Waals surface area contributed by atoms with Gasteiger partial charge in [0, 0.05) is 27.9 Å². The highest BCUT2D eigenvalue weighted by Crippen LogP contribution is 2.89. The molecule has 0 aromatic heterocycles. The highest BCUT2D eigenvalue weighted by Gasteiger charge is 2.84. The zero-order chi connectivity index (χ0) is 37.6. The molecule has 6 aliphatic rings. The lowest BCUT2D eigenvalue weighted by atomic mass is 9.26. The molecule has 6 aromatic rings. The van der Waals surface area contributed by atoms with Crippen LogP contribution in [-0.2, 0) is 16.2 Å². The largest absolute Gasteiger partial charge is 0.457 e. The summed E-state index contributed by atoms with van der Waals surface area (Å²) in [7, 11) is 0. The van der Waals surface area contributed by atoms with Crippen LogP contribution in [0.4, 0.5) is 17.1 Å². The SMILES string of the molecule is CC1(C)CCC(C)(C)c2c(-c3ccc(N(c4ccc(-c5ccccc5)cc4)c4cccc5c4C4(c6ccccc6O5)C5CC6CC7CC4C75C6)cc3)cccc21. The van der Waals surface area contributed by atoms with Crippen molar-refractivity contribution in [2.24, 2.45) is 29.1 Å². The summed E-state index contributed by atoms with van der Waals surface area (Å²) in [5, 5.41) is 0. The van der Waals surface area contributed by atoms with E-state index < -0.39 is 0 Å². The first kappa shape index (κ1) is 33.1. The molecule has 2 heteroatoms. The van der Waals surface area contributed by atoms with E-state index in [9.17, 15) is 0 Å². The summed E-state index contributed by atoms with van der Waals surface area (Å²) in [5.74, 6) is 5.26. The summed E-state index contributed by atoms with van der Waals surface area (Å²) >= 11 is 0. The summed E-state index contributed by atoms with van der Waals surface area (Å²) in [6, 6.07) is 52.5. The molecule has 0 N–H and O–H groups in total. The quantitative estimate of drug-likeness (QED) is 0.175. The Morgan fingerprint density at radius 1 is 0.518 bits per heavy atom. The number of nitrogens with zero attached hydrogens (tertiary/aromatic N) is 1. The van der Waals surface area contributed by atoms with Gasteiger partial charge in [-0.05, 0) is 154 Å². The predicted molar refractivity (Wildman–Crippen MR) is 229 cm³/mol. The molecule has 4 saturated carbocycles. The second kappa shape index (κ2) is 11.3. The molecule has 6 aromatic carbocycles. The minimum atomic E-state index is -0.0316. The number of rotatable bonds is 5. The monoisotopic (exact) mass is 729 g/mol. The van der Waals surface area contributed by atoms with E-state index >= 15 is 0 Å². The van der Waals surface area contributed by atoms with Gasteiger partial charge in [-0.3, -0.25) is 0 Å². The summed E-state index contributed by atoms with van der Waals surface area (Å²) in [6.45, 7) is 9.74. The second-order valence-corrected chi connectivity index (χ2v) is 19.6. The predicted octanol–water partition coefficient (Wildman–Crippen LogP) is 14.3. The second-order valence-electron chi connectivity index (χ2n) is 19.6. The Morgan fingerprint density at radius 3 is 1.91 bits per heavy atom. The molecule has 12 rings (SSSR count). The van der Waals surface area contributed by atoms with Crippen molar-refractivity contribution in [2.45, 2.75) is 82.5 Å². The summed E-state index contributed by atoms with van der Waals surface area (Å²) < 4.78 is 6.98. The zero-order valence-corrected chi connectivity index (χ0v) is 33.2. The van der Waals surface area contributed by atoms with Crippen LogP contribution >= 0.6 is 0 Å². The third kappa shape index (κ3) is 4.18. The molecular weight excluding hydrogens is 679 g/mol. The Hall–Kier alpha value is -5.08. The maximum Gasteiger partial charge on any atom is 0.133 e. The molecule has 1 aliphatic heterocycles. The van der Waals surface area contributed by atoms with Crippen molar-refractivity contribution < 1.29 is 4.74 Å². The summed E-state index contributed by atoms with van der Waals surface area (Å²) in [6.07, 6.45) is 8.02. The van der Waals surface area contributed by atoms with Crippen LogP contribution in [-0.4, -0.2) is 0 Å². The van der Waals surface area contributed by atoms with E-state index in [1.165, 1.54) is 100 Å². The Kier molecular flexibility index (Phi) is 6.67. The lowest BCUT2D eigenvalue weighted by Crippen LogP contribution is -2.74. The number of benzene rings is 6. The standard InChI is InChI=1S/C54H51NO/c1-51(2)28-29-52(3,4)49-41(14-10-16-43(49)51)37-22-26-40(27-23-37)55(39-24-20-36(21-25-39)35-12-6-5-7-13-35)44-17-11-19-46-50(44)54(42-15-8-9-18-45(42)56-46)47-31-34-30-38-32-48(54)53(38,47)33-34/h5-27,34,38,47-48H,28-33H2,1-4H3. The molecule has 1 heterocycles. The fourth-order valence-corrected chi connectivity index (χ4v) is 13.9. The van der Waals surface area contributed by atoms with Crippen LogP contribution in [0.1, 0.15) is 88.5 Å². The summed E-state index contributed by atoms with van der Waals surface area (Å²) in [4.78, 5) is 2.55. The van der Waals surface area contributed by atoms with Gasteiger partial charge in [0.2, 0.25) is 0 Å². The van der Waals surface area contributed by atoms with E-state index in [0.29, 0.717) is 17.3 Å². The Labute approximate surface area is 332 Å². The van der Waals surface area contributed by atoms with E-state index in [1.54, 1.807) is 0 Å². The van der Waals surface area contributed by atoms with Crippen LogP contribution in [0.5, 0.6) is 11.5 Å². The Balaban J connectivity index is 1.04. The molecule has 6 atom stereocenters. The van der Waals surface area contributed by atoms with Gasteiger partial charge in [-0.2, -0.15) is 0 Å². The van der Waals surface area contributed by atoms with E-state index in [0.717, 1.165) is 23.3 Å². The highest BCUT2D eigenvalue weighted by molar-refractivity contribution is 5.85. The molecule has 0 radical (unpaired) electrons. The van der Waals surface area contributed by atoms with Crippen LogP contribution in [0, 0.1) is 29.1 Å². The van der Waals surface area contributed by atoms with Gasteiger partial charge in [-0.25, -0.2) is 0 Å². The molecule has 2 spiro atoms. The number of hydrogen-bond acceptors (Lipinski definition) is 2. The maximum absolute atomic E-state index is 6.98. The summed E-state index contributed by atoms with van der Waals surface area (Å²) in [5.41, 5.74) is 15.4. The first-order valence-electron chi connectivity index (χ1n) is 21.3. The van der Waals surface area contributed by atoms with Crippen LogP contribution in [0.2, 0.25) is 0 Å². The van der Waals surface area contributed by atoms with Crippen molar-refractivity contribution in [3.05, 3.63) is 162 Å². The van der Waals surface area contributed by atoms with Crippen molar-refractivity contribution in [3.63, 3.8) is 0 Å². The zero-order valence-electron chi connectivity index (χ0n) is 33.2. The molecule has 2 bridgehead atoms. The van der Waals surface area contributed by atoms with Crippen molar-refractivity contribution in [1.82, 2.24) is 0 Å². The van der Waals surface area contributed by atoms with Gasteiger partial charge >= 0.3 is 0 Å². The van der Waals surface area contributed by atoms with E-state index in [4.69, 9.17) is 4.74 Å². The third-order valence-electron chi connectivity index (χ3n) is 16.2. The van der Waals surface area contributed by atoms with Crippen molar-refractivity contribution >= 4 is 17.1 Å². The third-order valence-corrected chi connectivity index (χ3v) is 16.2. The highest BCUT2D eigenvalue weighted by atomic mass is 16.5. The van der Waals surface area contributed by atoms with Crippen molar-refractivity contribution in [2.75, 3.05) is 4.90 Å². The fraction of sp³-hybridized carbons (Fsp3) is 0.333. The van der Waals surface area contributed by atoms with Crippen molar-refractivity contribution in [1.29, 1.82) is 0 Å². The normalized spacial score (nSPS) is 28.9. The van der Waals surface area contributed by atoms with E-state index in [-0.39, 0.29) is 16.2 Å². The molecule has 0 saturated heterocycles. The smallest absolute Gasteiger partial charge is 0.133 e. The lowest BCUT2D eigenvalue weighted by molar-refractivity contribution is -0.234. The van der Waals surface area contributed by atoms with Gasteiger partial charge in [-0.15, -0.1) is 0 Å². The van der Waals surface area contributed by atoms with Gasteiger partial charge in [-0.1, -0.05) is 125 Å². The van der Waals surface area contributed by atoms with Crippen LogP contribution in [0.25, 0.3) is 22.3 Å². The molecule has 278 valence electrons. The minimum absolute atomic E-state index is 0.0316. The van der Waals surface area contributed by atoms with E-state index in [1.807, 2.05) is 0 Å². The van der Waals surface area contributed by atoms with Crippen LogP contribution in [0.3, 0.4) is 0 Å². The first-order chi connectivity index (χ1) is 27.2. The molecule has 6 unspecified atom stereocenters. The van der Waals surface area contributed by atoms with E-state index in [2.05, 4.69) is 172 Å². The molecule has 5 aliphatic carbocycles. The van der Waals surface area contributed by atoms with Crippen LogP contribution < -0.4 is 9.64 Å². The topological polar surface area (TPSA) is 12.5 Å². The molecule has 2 nitrogen and oxygen atoms in total. The average Bonchev–Trinajstić information content (AvgIpc) is 3.76. The van der Waals surface area contributed by atoms with Gasteiger partial charge in [0.15, 0.2) is 0 Å². The number of hydrogen-bond donors (Lipinski definition) is 0. The van der Waals surface area contributed by atoms with Gasteiger partial charge in [0.25, 0.3) is 0 Å². The van der Waals surface area contributed by atoms with Crippen LogP contribution in [0.15, 0.2) is 140 Å². The van der Waals surface area contributed by atoms with Gasteiger partial charge in [0.1, 0.15) is 11.5 Å². The fourth-order valence-electron chi connectivity index (χ4n) is 13.9. The number of anilines is 3. The average molecular weight is 730 g/mol. The van der Waals surface area contributed by atoms with Gasteiger partial charge in [0.05, 0.1) is 5.69 Å². The minimum Gasteiger partial charge on any atom is -0.457 e. The molecule has 4 fully saturated rings. The number of fused-ring (bicyclic) bond motifs is 8. The molecular formula is C54H51NO. The Morgan fingerprint density at radius 2 is 1.14 bits per heavy atom. The first-order valence-corrected chi connectivity index (χ1v) is 21.3.